The number of anilines is 1. The van der Waals surface area contributed by atoms with Crippen LogP contribution in [0.25, 0.3) is 0 Å². The van der Waals surface area contributed by atoms with Crippen molar-refractivity contribution in [2.45, 2.75) is 13.0 Å². The number of nitriles is 1. The lowest BCUT2D eigenvalue weighted by atomic mass is 10.1. The van der Waals surface area contributed by atoms with Gasteiger partial charge in [-0.25, -0.2) is 0 Å². The van der Waals surface area contributed by atoms with Gasteiger partial charge >= 0.3 is 0 Å². The molecule has 102 valence electrons. The minimum absolute atomic E-state index is 0.00304. The third-order valence-corrected chi connectivity index (χ3v) is 3.31. The van der Waals surface area contributed by atoms with E-state index in [0.29, 0.717) is 10.6 Å². The Labute approximate surface area is 123 Å². The minimum Gasteiger partial charge on any atom is -0.496 e. The van der Waals surface area contributed by atoms with Crippen molar-refractivity contribution in [3.63, 3.8) is 0 Å². The lowest BCUT2D eigenvalue weighted by molar-refractivity contribution is 0.408. The summed E-state index contributed by atoms with van der Waals surface area (Å²) in [6, 6.07) is 15.1. The van der Waals surface area contributed by atoms with Crippen LogP contribution in [0.5, 0.6) is 5.75 Å². The number of hydrogen-bond acceptors (Lipinski definition) is 3. The summed E-state index contributed by atoms with van der Waals surface area (Å²) in [7, 11) is 1.64. The highest BCUT2D eigenvalue weighted by atomic mass is 35.5. The van der Waals surface area contributed by atoms with Crippen LogP contribution in [0.4, 0.5) is 5.69 Å². The molecule has 0 heterocycles. The standard InChI is InChI=1S/C16H15ClN2O/c1-11(14-5-3-4-6-16(14)20-2)19-15-9-13(17)8-7-12(15)10-18/h3-9,11,19H,1-2H3. The number of methoxy groups -OCH3 is 1. The second kappa shape index (κ2) is 6.31. The molecule has 0 saturated carbocycles. The average molecular weight is 287 g/mol. The van der Waals surface area contributed by atoms with E-state index in [9.17, 15) is 0 Å². The first kappa shape index (κ1) is 14.2. The molecule has 0 aliphatic rings. The van der Waals surface area contributed by atoms with E-state index in [4.69, 9.17) is 21.6 Å². The number of hydrogen-bond donors (Lipinski definition) is 1. The number of benzene rings is 2. The Morgan fingerprint density at radius 2 is 2.00 bits per heavy atom. The number of nitrogens with zero attached hydrogens (tertiary/aromatic N) is 1. The molecule has 0 fully saturated rings. The largest absolute Gasteiger partial charge is 0.496 e. The van der Waals surface area contributed by atoms with Gasteiger partial charge in [-0.2, -0.15) is 5.26 Å². The molecule has 0 aliphatic carbocycles. The Morgan fingerprint density at radius 3 is 2.70 bits per heavy atom. The first-order chi connectivity index (χ1) is 9.65. The van der Waals surface area contributed by atoms with Crippen molar-refractivity contribution in [2.24, 2.45) is 0 Å². The van der Waals surface area contributed by atoms with Crippen molar-refractivity contribution >= 4 is 17.3 Å². The van der Waals surface area contributed by atoms with Gasteiger partial charge in [0.15, 0.2) is 0 Å². The van der Waals surface area contributed by atoms with Gasteiger partial charge in [0, 0.05) is 10.6 Å². The van der Waals surface area contributed by atoms with E-state index in [0.717, 1.165) is 17.0 Å². The molecule has 4 heteroatoms. The van der Waals surface area contributed by atoms with Crippen molar-refractivity contribution in [1.82, 2.24) is 0 Å². The fourth-order valence-electron chi connectivity index (χ4n) is 2.07. The maximum atomic E-state index is 9.14. The van der Waals surface area contributed by atoms with Gasteiger partial charge in [-0.05, 0) is 31.2 Å². The van der Waals surface area contributed by atoms with Crippen molar-refractivity contribution < 1.29 is 4.74 Å². The highest BCUT2D eigenvalue weighted by Crippen LogP contribution is 2.29. The van der Waals surface area contributed by atoms with Crippen LogP contribution < -0.4 is 10.1 Å². The topological polar surface area (TPSA) is 45.0 Å². The molecule has 1 atom stereocenters. The Hall–Kier alpha value is -2.18. The minimum atomic E-state index is -0.00304. The predicted molar refractivity (Wildman–Crippen MR) is 81.2 cm³/mol. The third kappa shape index (κ3) is 3.04. The predicted octanol–water partition coefficient (Wildman–Crippen LogP) is 4.39. The fourth-order valence-corrected chi connectivity index (χ4v) is 2.24. The number of para-hydroxylation sites is 1. The van der Waals surface area contributed by atoms with E-state index >= 15 is 0 Å². The third-order valence-electron chi connectivity index (χ3n) is 3.08. The van der Waals surface area contributed by atoms with Crippen molar-refractivity contribution in [3.8, 4) is 11.8 Å². The van der Waals surface area contributed by atoms with Crippen LogP contribution in [0.3, 0.4) is 0 Å². The van der Waals surface area contributed by atoms with Crippen LogP contribution in [0.2, 0.25) is 5.02 Å². The normalized spacial score (nSPS) is 11.5. The average Bonchev–Trinajstić information content (AvgIpc) is 2.47. The molecular weight excluding hydrogens is 272 g/mol. The molecule has 1 N–H and O–H groups in total. The summed E-state index contributed by atoms with van der Waals surface area (Å²) in [5.74, 6) is 0.813. The Morgan fingerprint density at radius 1 is 1.25 bits per heavy atom. The molecule has 2 aromatic rings. The van der Waals surface area contributed by atoms with Gasteiger partial charge < -0.3 is 10.1 Å². The molecule has 0 amide bonds. The van der Waals surface area contributed by atoms with Crippen LogP contribution in [0.15, 0.2) is 42.5 Å². The van der Waals surface area contributed by atoms with Gasteiger partial charge in [-0.1, -0.05) is 29.8 Å². The molecule has 1 unspecified atom stereocenters. The maximum absolute atomic E-state index is 9.14. The van der Waals surface area contributed by atoms with E-state index in [-0.39, 0.29) is 6.04 Å². The van der Waals surface area contributed by atoms with Gasteiger partial charge in [0.2, 0.25) is 0 Å². The molecule has 2 aromatic carbocycles. The molecule has 3 nitrogen and oxygen atoms in total. The quantitative estimate of drug-likeness (QED) is 0.906. The van der Waals surface area contributed by atoms with Gasteiger partial charge in [0.25, 0.3) is 0 Å². The Bertz CT molecular complexity index is 649. The maximum Gasteiger partial charge on any atom is 0.124 e. The van der Waals surface area contributed by atoms with Gasteiger partial charge in [0.1, 0.15) is 11.8 Å². The van der Waals surface area contributed by atoms with Crippen molar-refractivity contribution in [2.75, 3.05) is 12.4 Å². The zero-order chi connectivity index (χ0) is 14.5. The summed E-state index contributed by atoms with van der Waals surface area (Å²) >= 11 is 5.99. The SMILES string of the molecule is COc1ccccc1C(C)Nc1cc(Cl)ccc1C#N. The first-order valence-corrected chi connectivity index (χ1v) is 6.62. The summed E-state index contributed by atoms with van der Waals surface area (Å²) in [5.41, 5.74) is 2.31. The molecule has 0 spiro atoms. The highest BCUT2D eigenvalue weighted by Gasteiger charge is 2.12. The van der Waals surface area contributed by atoms with Gasteiger partial charge in [-0.15, -0.1) is 0 Å². The van der Waals surface area contributed by atoms with E-state index < -0.39 is 0 Å². The zero-order valence-electron chi connectivity index (χ0n) is 11.4. The van der Waals surface area contributed by atoms with E-state index in [1.165, 1.54) is 0 Å². The molecule has 20 heavy (non-hydrogen) atoms. The molecule has 0 aliphatic heterocycles. The smallest absolute Gasteiger partial charge is 0.124 e. The monoisotopic (exact) mass is 286 g/mol. The van der Waals surface area contributed by atoms with Crippen LogP contribution in [-0.2, 0) is 0 Å². The van der Waals surface area contributed by atoms with Crippen molar-refractivity contribution in [3.05, 3.63) is 58.6 Å². The van der Waals surface area contributed by atoms with Crippen molar-refractivity contribution in [1.29, 1.82) is 5.26 Å². The van der Waals surface area contributed by atoms with Crippen LogP contribution in [0.1, 0.15) is 24.1 Å². The Kier molecular flexibility index (Phi) is 4.49. The van der Waals surface area contributed by atoms with Crippen LogP contribution in [-0.4, -0.2) is 7.11 Å². The molecule has 0 saturated heterocycles. The number of halogens is 1. The molecule has 0 radical (unpaired) electrons. The molecular formula is C16H15ClN2O. The fraction of sp³-hybridized carbons (Fsp3) is 0.188. The van der Waals surface area contributed by atoms with Gasteiger partial charge in [0.05, 0.1) is 24.4 Å². The summed E-state index contributed by atoms with van der Waals surface area (Å²) < 4.78 is 5.35. The second-order valence-electron chi connectivity index (χ2n) is 4.41. The molecule has 2 rings (SSSR count). The van der Waals surface area contributed by atoms with E-state index in [1.807, 2.05) is 31.2 Å². The second-order valence-corrected chi connectivity index (χ2v) is 4.85. The van der Waals surface area contributed by atoms with Crippen LogP contribution in [0, 0.1) is 11.3 Å². The lowest BCUT2D eigenvalue weighted by Gasteiger charge is -2.19. The van der Waals surface area contributed by atoms with E-state index in [1.54, 1.807) is 25.3 Å². The van der Waals surface area contributed by atoms with Crippen LogP contribution >= 0.6 is 11.6 Å². The number of ether oxygens (including phenoxy) is 1. The number of rotatable bonds is 4. The van der Waals surface area contributed by atoms with E-state index in [2.05, 4.69) is 11.4 Å². The zero-order valence-corrected chi connectivity index (χ0v) is 12.1. The summed E-state index contributed by atoms with van der Waals surface area (Å²) in [6.45, 7) is 2.01. The van der Waals surface area contributed by atoms with Gasteiger partial charge in [-0.3, -0.25) is 0 Å². The summed E-state index contributed by atoms with van der Waals surface area (Å²) in [5, 5.41) is 13.0. The summed E-state index contributed by atoms with van der Waals surface area (Å²) in [4.78, 5) is 0. The highest BCUT2D eigenvalue weighted by molar-refractivity contribution is 6.30. The molecule has 0 aromatic heterocycles. The molecule has 0 bridgehead atoms. The summed E-state index contributed by atoms with van der Waals surface area (Å²) in [6.07, 6.45) is 0. The lowest BCUT2D eigenvalue weighted by Crippen LogP contribution is -2.09. The number of nitrogens with one attached hydrogen (secondary N) is 1. The first-order valence-electron chi connectivity index (χ1n) is 6.25. The Balaban J connectivity index is 2.30.